The van der Waals surface area contributed by atoms with Crippen LogP contribution in [0.1, 0.15) is 52.9 Å². The molecule has 196 valence electrons. The third kappa shape index (κ3) is 5.33. The van der Waals surface area contributed by atoms with E-state index in [-0.39, 0.29) is 5.56 Å². The van der Waals surface area contributed by atoms with Crippen LogP contribution in [0.5, 0.6) is 11.5 Å². The highest BCUT2D eigenvalue weighted by Gasteiger charge is 2.23. The Hall–Kier alpha value is -3.98. The van der Waals surface area contributed by atoms with Gasteiger partial charge in [0.15, 0.2) is 11.5 Å². The van der Waals surface area contributed by atoms with E-state index in [1.54, 1.807) is 37.5 Å². The first-order chi connectivity index (χ1) is 18.4. The number of rotatable bonds is 8. The van der Waals surface area contributed by atoms with Crippen molar-refractivity contribution in [2.24, 2.45) is 5.10 Å². The van der Waals surface area contributed by atoms with E-state index in [1.165, 1.54) is 27.5 Å². The molecule has 0 spiro atoms. The minimum atomic E-state index is -0.761. The molecule has 1 aliphatic rings. The summed E-state index contributed by atoms with van der Waals surface area (Å²) in [5.41, 5.74) is 6.45. The molecule has 1 atom stereocenters. The minimum absolute atomic E-state index is 0.174. The lowest BCUT2D eigenvalue weighted by Gasteiger charge is -2.14. The topological polar surface area (TPSA) is 94.8 Å². The molecule has 0 saturated carbocycles. The average Bonchev–Trinajstić information content (AvgIpc) is 3.32. The second-order valence-corrected chi connectivity index (χ2v) is 10.5. The standard InChI is InChI=1S/C29H30N4O4S/c1-18-8-10-20(11-9-18)16-37-23-13-12-21(14-24(23)36-3)15-31-32-27(34)19(2)33-17-30-28-26(29(33)35)22-6-4-5-7-25(22)38-28/h8-15,17,19H,4-7,16H2,1-3H3,(H,32,34)/b31-15-/t19-/m0/s1. The molecule has 2 heterocycles. The number of hydrazone groups is 1. The van der Waals surface area contributed by atoms with Crippen LogP contribution in [0.4, 0.5) is 0 Å². The zero-order valence-corrected chi connectivity index (χ0v) is 22.5. The summed E-state index contributed by atoms with van der Waals surface area (Å²) >= 11 is 1.59. The summed E-state index contributed by atoms with van der Waals surface area (Å²) < 4.78 is 12.8. The van der Waals surface area contributed by atoms with Gasteiger partial charge in [-0.25, -0.2) is 10.4 Å². The van der Waals surface area contributed by atoms with Crippen LogP contribution in [0.25, 0.3) is 10.2 Å². The maximum Gasteiger partial charge on any atom is 0.263 e. The molecule has 0 radical (unpaired) electrons. The smallest absolute Gasteiger partial charge is 0.263 e. The van der Waals surface area contributed by atoms with Crippen LogP contribution in [0, 0.1) is 6.92 Å². The first-order valence-corrected chi connectivity index (χ1v) is 13.5. The fourth-order valence-corrected chi connectivity index (χ4v) is 5.77. The zero-order valence-electron chi connectivity index (χ0n) is 21.7. The van der Waals surface area contributed by atoms with Crippen molar-refractivity contribution in [2.45, 2.75) is 52.2 Å². The molecule has 0 saturated heterocycles. The molecule has 1 N–H and O–H groups in total. The van der Waals surface area contributed by atoms with Gasteiger partial charge >= 0.3 is 0 Å². The van der Waals surface area contributed by atoms with Crippen molar-refractivity contribution in [3.8, 4) is 11.5 Å². The summed E-state index contributed by atoms with van der Waals surface area (Å²) in [6.45, 7) is 4.14. The first kappa shape index (κ1) is 25.7. The van der Waals surface area contributed by atoms with Crippen molar-refractivity contribution in [3.63, 3.8) is 0 Å². The number of benzene rings is 2. The van der Waals surface area contributed by atoms with Gasteiger partial charge in [0.25, 0.3) is 11.5 Å². The SMILES string of the molecule is COc1cc(/C=N\NC(=O)[C@H](C)n2cnc3sc4c(c3c2=O)CCCC4)ccc1OCc1ccc(C)cc1. The van der Waals surface area contributed by atoms with E-state index in [0.717, 1.165) is 47.2 Å². The van der Waals surface area contributed by atoms with Crippen LogP contribution in [0.3, 0.4) is 0 Å². The molecule has 9 heteroatoms. The van der Waals surface area contributed by atoms with Crippen molar-refractivity contribution >= 4 is 33.7 Å². The van der Waals surface area contributed by atoms with Crippen LogP contribution < -0.4 is 20.5 Å². The molecule has 38 heavy (non-hydrogen) atoms. The summed E-state index contributed by atoms with van der Waals surface area (Å²) in [5, 5.41) is 4.75. The molecule has 0 bridgehead atoms. The fourth-order valence-electron chi connectivity index (χ4n) is 4.55. The molecule has 2 aromatic carbocycles. The summed E-state index contributed by atoms with van der Waals surface area (Å²) in [4.78, 5) is 32.5. The van der Waals surface area contributed by atoms with Gasteiger partial charge in [-0.1, -0.05) is 29.8 Å². The number of nitrogens with zero attached hydrogens (tertiary/aromatic N) is 3. The van der Waals surface area contributed by atoms with Crippen molar-refractivity contribution < 1.29 is 14.3 Å². The van der Waals surface area contributed by atoms with Gasteiger partial charge in [0, 0.05) is 4.88 Å². The molecule has 0 unspecified atom stereocenters. The molecule has 5 rings (SSSR count). The van der Waals surface area contributed by atoms with E-state index in [9.17, 15) is 9.59 Å². The molecule has 2 aromatic heterocycles. The quantitative estimate of drug-likeness (QED) is 0.257. The second-order valence-electron chi connectivity index (χ2n) is 9.44. The lowest BCUT2D eigenvalue weighted by molar-refractivity contribution is -0.123. The third-order valence-electron chi connectivity index (χ3n) is 6.79. The first-order valence-electron chi connectivity index (χ1n) is 12.7. The number of amides is 1. The Labute approximate surface area is 224 Å². The van der Waals surface area contributed by atoms with E-state index in [1.807, 2.05) is 37.3 Å². The van der Waals surface area contributed by atoms with Gasteiger partial charge in [-0.05, 0) is 74.4 Å². The average molecular weight is 531 g/mol. The summed E-state index contributed by atoms with van der Waals surface area (Å²) in [6.07, 6.45) is 7.07. The lowest BCUT2D eigenvalue weighted by atomic mass is 9.97. The predicted molar refractivity (Wildman–Crippen MR) is 149 cm³/mol. The van der Waals surface area contributed by atoms with Crippen molar-refractivity contribution in [1.82, 2.24) is 15.0 Å². The largest absolute Gasteiger partial charge is 0.493 e. The van der Waals surface area contributed by atoms with Crippen LogP contribution in [0.15, 0.2) is 58.7 Å². The van der Waals surface area contributed by atoms with E-state index in [0.29, 0.717) is 23.5 Å². The number of carbonyl (C=O) groups excluding carboxylic acids is 1. The van der Waals surface area contributed by atoms with Crippen molar-refractivity contribution in [1.29, 1.82) is 0 Å². The van der Waals surface area contributed by atoms with Crippen molar-refractivity contribution in [2.75, 3.05) is 7.11 Å². The number of nitrogens with one attached hydrogen (secondary N) is 1. The Morgan fingerprint density at radius 1 is 1.18 bits per heavy atom. The monoisotopic (exact) mass is 530 g/mol. The number of aryl methyl sites for hydroxylation is 3. The van der Waals surface area contributed by atoms with Crippen molar-refractivity contribution in [3.05, 3.63) is 86.3 Å². The second kappa shape index (κ2) is 11.2. The van der Waals surface area contributed by atoms with Crippen LogP contribution >= 0.6 is 11.3 Å². The lowest BCUT2D eigenvalue weighted by Crippen LogP contribution is -2.34. The molecular formula is C29H30N4O4S. The predicted octanol–water partition coefficient (Wildman–Crippen LogP) is 4.94. The Morgan fingerprint density at radius 3 is 2.76 bits per heavy atom. The highest BCUT2D eigenvalue weighted by molar-refractivity contribution is 7.18. The van der Waals surface area contributed by atoms with E-state index in [4.69, 9.17) is 9.47 Å². The summed E-state index contributed by atoms with van der Waals surface area (Å²) in [7, 11) is 1.58. The van der Waals surface area contributed by atoms with Gasteiger partial charge in [-0.3, -0.25) is 14.2 Å². The molecule has 1 amide bonds. The van der Waals surface area contributed by atoms with E-state index in [2.05, 4.69) is 15.5 Å². The number of aromatic nitrogens is 2. The van der Waals surface area contributed by atoms with Crippen LogP contribution in [0.2, 0.25) is 0 Å². The molecule has 1 aliphatic carbocycles. The Balaban J connectivity index is 1.25. The highest BCUT2D eigenvalue weighted by atomic mass is 32.1. The molecule has 8 nitrogen and oxygen atoms in total. The summed E-state index contributed by atoms with van der Waals surface area (Å²) in [6, 6.07) is 12.8. The third-order valence-corrected chi connectivity index (χ3v) is 7.99. The molecule has 0 fully saturated rings. The number of ether oxygens (including phenoxy) is 2. The molecule has 0 aliphatic heterocycles. The number of hydrogen-bond donors (Lipinski definition) is 1. The maximum atomic E-state index is 13.2. The number of hydrogen-bond acceptors (Lipinski definition) is 7. The van der Waals surface area contributed by atoms with Gasteiger partial charge < -0.3 is 9.47 Å². The van der Waals surface area contributed by atoms with E-state index >= 15 is 0 Å². The van der Waals surface area contributed by atoms with E-state index < -0.39 is 11.9 Å². The summed E-state index contributed by atoms with van der Waals surface area (Å²) in [5.74, 6) is 0.769. The number of fused-ring (bicyclic) bond motifs is 3. The zero-order chi connectivity index (χ0) is 26.6. The van der Waals surface area contributed by atoms with Gasteiger partial charge in [0.2, 0.25) is 0 Å². The van der Waals surface area contributed by atoms with Gasteiger partial charge in [-0.15, -0.1) is 11.3 Å². The molecular weight excluding hydrogens is 500 g/mol. The molecule has 4 aromatic rings. The van der Waals surface area contributed by atoms with Gasteiger partial charge in [-0.2, -0.15) is 5.10 Å². The highest BCUT2D eigenvalue weighted by Crippen LogP contribution is 2.33. The Bertz CT molecular complexity index is 1560. The maximum absolute atomic E-state index is 13.2. The number of carbonyl (C=O) groups is 1. The number of methoxy groups -OCH3 is 1. The Morgan fingerprint density at radius 2 is 1.97 bits per heavy atom. The minimum Gasteiger partial charge on any atom is -0.493 e. The van der Waals surface area contributed by atoms with Crippen LogP contribution in [-0.2, 0) is 24.2 Å². The van der Waals surface area contributed by atoms with Gasteiger partial charge in [0.05, 0.1) is 25.0 Å². The van der Waals surface area contributed by atoms with Gasteiger partial charge in [0.1, 0.15) is 17.5 Å². The number of thiophene rings is 1. The Kier molecular flexibility index (Phi) is 7.55. The fraction of sp³-hybridized carbons (Fsp3) is 0.310. The van der Waals surface area contributed by atoms with Crippen LogP contribution in [-0.4, -0.2) is 28.8 Å². The normalized spacial score (nSPS) is 13.9.